The number of carbonyl (C=O) groups excluding carboxylic acids is 1. The van der Waals surface area contributed by atoms with Gasteiger partial charge in [0.1, 0.15) is 5.52 Å². The van der Waals surface area contributed by atoms with E-state index in [4.69, 9.17) is 0 Å². The molecule has 0 atom stereocenters. The van der Waals surface area contributed by atoms with E-state index >= 15 is 0 Å². The van der Waals surface area contributed by atoms with E-state index < -0.39 is 0 Å². The quantitative estimate of drug-likeness (QED) is 0.839. The van der Waals surface area contributed by atoms with Gasteiger partial charge in [-0.25, -0.2) is 0 Å². The fraction of sp³-hybridized carbons (Fsp3) is 0.529. The minimum atomic E-state index is -0.0982. The summed E-state index contributed by atoms with van der Waals surface area (Å²) in [6.45, 7) is 5.30. The lowest BCUT2D eigenvalue weighted by atomic mass is 10.0. The number of carbonyl (C=O) groups is 1. The van der Waals surface area contributed by atoms with Crippen LogP contribution in [0.2, 0.25) is 0 Å². The van der Waals surface area contributed by atoms with Gasteiger partial charge in [0.15, 0.2) is 5.78 Å². The Morgan fingerprint density at radius 3 is 2.70 bits per heavy atom. The highest BCUT2D eigenvalue weighted by Gasteiger charge is 2.16. The Hall–Kier alpha value is -1.92. The van der Waals surface area contributed by atoms with Crippen LogP contribution < -0.4 is 5.56 Å². The third-order valence-corrected chi connectivity index (χ3v) is 4.67. The maximum atomic E-state index is 12.6. The molecule has 3 rings (SSSR count). The number of pyridine rings is 1. The van der Waals surface area contributed by atoms with Crippen LogP contribution in [-0.4, -0.2) is 64.9 Å². The molecule has 1 aliphatic heterocycles. The molecule has 124 valence electrons. The van der Waals surface area contributed by atoms with Crippen molar-refractivity contribution >= 4 is 16.7 Å². The predicted molar refractivity (Wildman–Crippen MR) is 91.0 cm³/mol. The molecule has 0 spiro atoms. The Kier molecular flexibility index (Phi) is 4.63. The van der Waals surface area contributed by atoms with Gasteiger partial charge in [0.2, 0.25) is 0 Å². The van der Waals surface area contributed by atoms with Crippen LogP contribution in [0, 0.1) is 0 Å². The van der Waals surface area contributed by atoms with Crippen LogP contribution in [0.4, 0.5) is 0 Å². The lowest BCUT2D eigenvalue weighted by molar-refractivity contribution is 0.0968. The zero-order valence-electron chi connectivity index (χ0n) is 13.8. The van der Waals surface area contributed by atoms with Crippen LogP contribution in [0.3, 0.4) is 0 Å². The number of hydrogen-bond donors (Lipinski definition) is 1. The van der Waals surface area contributed by atoms with Gasteiger partial charge in [0.25, 0.3) is 5.56 Å². The molecule has 6 nitrogen and oxygen atoms in total. The largest absolute Gasteiger partial charge is 0.357 e. The van der Waals surface area contributed by atoms with E-state index in [2.05, 4.69) is 21.8 Å². The Labute approximate surface area is 135 Å². The van der Waals surface area contributed by atoms with Crippen LogP contribution in [0.15, 0.2) is 23.3 Å². The molecule has 2 aromatic heterocycles. The molecule has 0 amide bonds. The van der Waals surface area contributed by atoms with Gasteiger partial charge in [-0.1, -0.05) is 0 Å². The van der Waals surface area contributed by atoms with E-state index in [1.165, 1.54) is 4.57 Å². The van der Waals surface area contributed by atoms with Crippen LogP contribution >= 0.6 is 0 Å². The second-order valence-corrected chi connectivity index (χ2v) is 6.40. The monoisotopic (exact) mass is 316 g/mol. The van der Waals surface area contributed by atoms with Crippen molar-refractivity contribution in [2.75, 3.05) is 39.8 Å². The summed E-state index contributed by atoms with van der Waals surface area (Å²) in [6, 6.07) is 1.81. The van der Waals surface area contributed by atoms with E-state index in [1.807, 2.05) is 6.07 Å². The zero-order valence-corrected chi connectivity index (χ0v) is 13.8. The molecule has 1 saturated heterocycles. The Morgan fingerprint density at radius 2 is 1.96 bits per heavy atom. The molecule has 0 aliphatic carbocycles. The Morgan fingerprint density at radius 1 is 1.22 bits per heavy atom. The summed E-state index contributed by atoms with van der Waals surface area (Å²) in [5.41, 5.74) is 1.05. The number of hydrogen-bond acceptors (Lipinski definition) is 4. The number of likely N-dealkylation sites (N-methyl/N-ethyl adjacent to an activating group) is 1. The number of Topliss-reactive ketones (excluding diaryl/α,β-unsaturated/α-hetero) is 1. The highest BCUT2D eigenvalue weighted by molar-refractivity contribution is 6.07. The summed E-state index contributed by atoms with van der Waals surface area (Å²) in [5, 5.41) is 0.734. The maximum absolute atomic E-state index is 12.6. The highest BCUT2D eigenvalue weighted by Crippen LogP contribution is 2.16. The minimum Gasteiger partial charge on any atom is -0.357 e. The summed E-state index contributed by atoms with van der Waals surface area (Å²) in [7, 11) is 3.83. The van der Waals surface area contributed by atoms with E-state index in [1.54, 1.807) is 19.4 Å². The van der Waals surface area contributed by atoms with Gasteiger partial charge in [-0.15, -0.1) is 0 Å². The van der Waals surface area contributed by atoms with Crippen LogP contribution in [0.1, 0.15) is 23.2 Å². The van der Waals surface area contributed by atoms with Gasteiger partial charge in [0, 0.05) is 63.0 Å². The minimum absolute atomic E-state index is 0.0982. The number of aryl methyl sites for hydroxylation is 1. The molecule has 2 aromatic rings. The van der Waals surface area contributed by atoms with Crippen molar-refractivity contribution in [1.82, 2.24) is 19.4 Å². The number of nitrogens with zero attached hydrogens (tertiary/aromatic N) is 3. The first kappa shape index (κ1) is 16.0. The van der Waals surface area contributed by atoms with E-state index in [9.17, 15) is 9.59 Å². The molecule has 1 aliphatic rings. The van der Waals surface area contributed by atoms with Gasteiger partial charge in [-0.3, -0.25) is 9.59 Å². The number of nitrogens with one attached hydrogen (secondary N) is 1. The second kappa shape index (κ2) is 6.68. The van der Waals surface area contributed by atoms with Crippen molar-refractivity contribution in [3.8, 4) is 0 Å². The fourth-order valence-electron chi connectivity index (χ4n) is 3.16. The van der Waals surface area contributed by atoms with Crippen LogP contribution in [-0.2, 0) is 7.05 Å². The van der Waals surface area contributed by atoms with Crippen LogP contribution in [0.25, 0.3) is 10.9 Å². The SMILES string of the molecule is CN1CCN(CCCC(=O)c2cn(C)c(=O)c3[nH]ccc23)CC1. The van der Waals surface area contributed by atoms with E-state index in [-0.39, 0.29) is 11.3 Å². The van der Waals surface area contributed by atoms with Crippen molar-refractivity contribution in [3.05, 3.63) is 34.4 Å². The molecular formula is C17H24N4O2. The number of rotatable bonds is 5. The van der Waals surface area contributed by atoms with Gasteiger partial charge in [-0.2, -0.15) is 0 Å². The van der Waals surface area contributed by atoms with Crippen LogP contribution in [0.5, 0.6) is 0 Å². The lowest BCUT2D eigenvalue weighted by Gasteiger charge is -2.32. The molecule has 0 saturated carbocycles. The lowest BCUT2D eigenvalue weighted by Crippen LogP contribution is -2.44. The van der Waals surface area contributed by atoms with Gasteiger partial charge >= 0.3 is 0 Å². The number of aromatic amines is 1. The number of H-pyrrole nitrogens is 1. The summed E-state index contributed by atoms with van der Waals surface area (Å²) >= 11 is 0. The Bertz CT molecular complexity index is 754. The average Bonchev–Trinajstić information content (AvgIpc) is 3.02. The molecule has 6 heteroatoms. The average molecular weight is 316 g/mol. The smallest absolute Gasteiger partial charge is 0.274 e. The highest BCUT2D eigenvalue weighted by atomic mass is 16.1. The molecule has 0 unspecified atom stereocenters. The summed E-state index contributed by atoms with van der Waals surface area (Å²) in [4.78, 5) is 32.3. The van der Waals surface area contributed by atoms with E-state index in [0.29, 0.717) is 17.5 Å². The standard InChI is InChI=1S/C17H24N4O2/c1-19-8-10-21(11-9-19)7-3-4-15(22)14-12-20(2)17(23)16-13(14)5-6-18-16/h5-6,12,18H,3-4,7-11H2,1-2H3. The molecular weight excluding hydrogens is 292 g/mol. The number of fused-ring (bicyclic) bond motifs is 1. The number of piperazine rings is 1. The predicted octanol–water partition coefficient (Wildman–Crippen LogP) is 1.08. The molecule has 0 aromatic carbocycles. The molecule has 1 fully saturated rings. The normalized spacial score (nSPS) is 17.0. The second-order valence-electron chi connectivity index (χ2n) is 6.40. The summed E-state index contributed by atoms with van der Waals surface area (Å²) in [6.07, 6.45) is 4.76. The fourth-order valence-corrected chi connectivity index (χ4v) is 3.16. The van der Waals surface area contributed by atoms with Crippen molar-refractivity contribution < 1.29 is 4.79 Å². The third-order valence-electron chi connectivity index (χ3n) is 4.67. The van der Waals surface area contributed by atoms with Gasteiger partial charge < -0.3 is 19.4 Å². The molecule has 23 heavy (non-hydrogen) atoms. The topological polar surface area (TPSA) is 61.3 Å². The first-order chi connectivity index (χ1) is 11.1. The van der Waals surface area contributed by atoms with Crippen molar-refractivity contribution in [3.63, 3.8) is 0 Å². The maximum Gasteiger partial charge on any atom is 0.274 e. The third kappa shape index (κ3) is 3.38. The van der Waals surface area contributed by atoms with Crippen molar-refractivity contribution in [2.45, 2.75) is 12.8 Å². The first-order valence-electron chi connectivity index (χ1n) is 8.17. The Balaban J connectivity index is 1.64. The molecule has 0 radical (unpaired) electrons. The summed E-state index contributed by atoms with van der Waals surface area (Å²) < 4.78 is 1.48. The van der Waals surface area contributed by atoms with Gasteiger partial charge in [0.05, 0.1) is 0 Å². The van der Waals surface area contributed by atoms with E-state index in [0.717, 1.165) is 44.5 Å². The van der Waals surface area contributed by atoms with Gasteiger partial charge in [-0.05, 0) is 26.1 Å². The number of aromatic nitrogens is 2. The zero-order chi connectivity index (χ0) is 16.4. The van der Waals surface area contributed by atoms with Crippen molar-refractivity contribution in [2.24, 2.45) is 7.05 Å². The molecule has 3 heterocycles. The van der Waals surface area contributed by atoms with Crippen molar-refractivity contribution in [1.29, 1.82) is 0 Å². The first-order valence-corrected chi connectivity index (χ1v) is 8.17. The molecule has 1 N–H and O–H groups in total. The summed E-state index contributed by atoms with van der Waals surface area (Å²) in [5.74, 6) is 0.110. The molecule has 0 bridgehead atoms. The number of ketones is 1.